The molecule has 22 heavy (non-hydrogen) atoms. The zero-order valence-electron chi connectivity index (χ0n) is 12.3. The molecule has 116 valence electrons. The summed E-state index contributed by atoms with van der Waals surface area (Å²) in [6.07, 6.45) is 6.46. The van der Waals surface area contributed by atoms with Crippen molar-refractivity contribution < 1.29 is 0 Å². The third-order valence-electron chi connectivity index (χ3n) is 4.57. The van der Waals surface area contributed by atoms with Crippen LogP contribution >= 0.6 is 11.3 Å². The maximum Gasteiger partial charge on any atom is 0.267 e. The summed E-state index contributed by atoms with van der Waals surface area (Å²) in [7, 11) is 0. The van der Waals surface area contributed by atoms with Gasteiger partial charge in [0.1, 0.15) is 5.51 Å². The Morgan fingerprint density at radius 1 is 1.14 bits per heavy atom. The number of nitrogens with one attached hydrogen (secondary N) is 1. The first-order valence-corrected chi connectivity index (χ1v) is 8.80. The van der Waals surface area contributed by atoms with E-state index in [1.54, 1.807) is 16.3 Å². The van der Waals surface area contributed by atoms with Gasteiger partial charge < -0.3 is 5.32 Å². The van der Waals surface area contributed by atoms with Crippen molar-refractivity contribution >= 4 is 16.5 Å². The van der Waals surface area contributed by atoms with Crippen LogP contribution in [0.4, 0.5) is 5.13 Å². The Hall–Kier alpha value is -1.76. The van der Waals surface area contributed by atoms with Crippen LogP contribution in [0.15, 0.2) is 22.4 Å². The lowest BCUT2D eigenvalue weighted by atomic mass is 9.91. The minimum atomic E-state index is 0.0323. The Kier molecular flexibility index (Phi) is 3.65. The van der Waals surface area contributed by atoms with Crippen LogP contribution in [0.3, 0.4) is 0 Å². The molecule has 0 unspecified atom stereocenters. The van der Waals surface area contributed by atoms with E-state index in [0.717, 1.165) is 36.5 Å². The summed E-state index contributed by atoms with van der Waals surface area (Å²) in [6, 6.07) is 4.25. The number of aromatic nitrogens is 4. The van der Waals surface area contributed by atoms with Gasteiger partial charge in [0.05, 0.1) is 11.7 Å². The van der Waals surface area contributed by atoms with Crippen molar-refractivity contribution in [3.05, 3.63) is 33.7 Å². The molecule has 0 atom stereocenters. The van der Waals surface area contributed by atoms with E-state index >= 15 is 0 Å². The maximum atomic E-state index is 12.1. The van der Waals surface area contributed by atoms with Gasteiger partial charge in [-0.25, -0.2) is 4.68 Å². The van der Waals surface area contributed by atoms with Crippen molar-refractivity contribution in [3.8, 4) is 0 Å². The fourth-order valence-electron chi connectivity index (χ4n) is 3.17. The molecule has 2 aliphatic carbocycles. The monoisotopic (exact) mass is 317 g/mol. The number of hydrogen-bond donors (Lipinski definition) is 1. The minimum Gasteiger partial charge on any atom is -0.357 e. The van der Waals surface area contributed by atoms with Crippen LogP contribution in [-0.4, -0.2) is 26.0 Å². The van der Waals surface area contributed by atoms with E-state index in [1.165, 1.54) is 24.2 Å². The molecular formula is C15H19N5OS. The third kappa shape index (κ3) is 2.90. The zero-order chi connectivity index (χ0) is 14.9. The first-order valence-electron chi connectivity index (χ1n) is 7.92. The van der Waals surface area contributed by atoms with Gasteiger partial charge in [0.2, 0.25) is 5.13 Å². The van der Waals surface area contributed by atoms with Gasteiger partial charge in [-0.15, -0.1) is 10.2 Å². The molecule has 0 amide bonds. The Bertz CT molecular complexity index is 686. The van der Waals surface area contributed by atoms with Crippen LogP contribution < -0.4 is 10.9 Å². The lowest BCUT2D eigenvalue weighted by Gasteiger charge is -2.29. The number of anilines is 1. The van der Waals surface area contributed by atoms with Crippen LogP contribution in [0.1, 0.15) is 56.2 Å². The van der Waals surface area contributed by atoms with Gasteiger partial charge in [0.15, 0.2) is 0 Å². The highest BCUT2D eigenvalue weighted by atomic mass is 32.1. The molecule has 2 aliphatic rings. The number of rotatable bonds is 4. The highest BCUT2D eigenvalue weighted by Crippen LogP contribution is 2.38. The predicted molar refractivity (Wildman–Crippen MR) is 85.3 cm³/mol. The smallest absolute Gasteiger partial charge is 0.267 e. The third-order valence-corrected chi connectivity index (χ3v) is 5.19. The van der Waals surface area contributed by atoms with E-state index in [-0.39, 0.29) is 11.6 Å². The Morgan fingerprint density at radius 2 is 1.95 bits per heavy atom. The van der Waals surface area contributed by atoms with Crippen molar-refractivity contribution in [2.75, 3.05) is 5.32 Å². The van der Waals surface area contributed by atoms with Crippen molar-refractivity contribution in [2.45, 2.75) is 56.5 Å². The SMILES string of the molecule is O=c1ccc(C2CC2)nn1C1CCC(Nc2nncs2)CC1. The van der Waals surface area contributed by atoms with Crippen LogP contribution in [-0.2, 0) is 0 Å². The van der Waals surface area contributed by atoms with Gasteiger partial charge in [0, 0.05) is 18.0 Å². The average Bonchev–Trinajstić information content (AvgIpc) is 3.27. The fraction of sp³-hybridized carbons (Fsp3) is 0.600. The highest BCUT2D eigenvalue weighted by Gasteiger charge is 2.28. The van der Waals surface area contributed by atoms with Crippen LogP contribution in [0.25, 0.3) is 0 Å². The number of hydrogen-bond acceptors (Lipinski definition) is 6. The molecule has 0 spiro atoms. The molecule has 1 N–H and O–H groups in total. The van der Waals surface area contributed by atoms with Crippen LogP contribution in [0, 0.1) is 0 Å². The fourth-order valence-corrected chi connectivity index (χ4v) is 3.70. The predicted octanol–water partition coefficient (Wildman–Crippen LogP) is 2.57. The molecular weight excluding hydrogens is 298 g/mol. The van der Waals surface area contributed by atoms with Crippen molar-refractivity contribution in [1.82, 2.24) is 20.0 Å². The summed E-state index contributed by atoms with van der Waals surface area (Å²) in [5.41, 5.74) is 2.86. The molecule has 2 heterocycles. The van der Waals surface area contributed by atoms with Gasteiger partial charge in [-0.2, -0.15) is 5.10 Å². The van der Waals surface area contributed by atoms with E-state index < -0.39 is 0 Å². The lowest BCUT2D eigenvalue weighted by molar-refractivity contribution is 0.301. The summed E-state index contributed by atoms with van der Waals surface area (Å²) in [5.74, 6) is 0.585. The van der Waals surface area contributed by atoms with Gasteiger partial charge in [-0.05, 0) is 44.6 Å². The molecule has 7 heteroatoms. The molecule has 2 aromatic heterocycles. The van der Waals surface area contributed by atoms with Crippen LogP contribution in [0.5, 0.6) is 0 Å². The van der Waals surface area contributed by atoms with Gasteiger partial charge in [-0.1, -0.05) is 11.3 Å². The summed E-state index contributed by atoms with van der Waals surface area (Å²) in [5, 5.41) is 16.8. The van der Waals surface area contributed by atoms with E-state index in [0.29, 0.717) is 12.0 Å². The molecule has 0 bridgehead atoms. The Morgan fingerprint density at radius 3 is 2.64 bits per heavy atom. The normalized spacial score (nSPS) is 25.1. The number of nitrogens with zero attached hydrogens (tertiary/aromatic N) is 4. The molecule has 6 nitrogen and oxygen atoms in total. The molecule has 2 saturated carbocycles. The largest absolute Gasteiger partial charge is 0.357 e. The van der Waals surface area contributed by atoms with Gasteiger partial charge >= 0.3 is 0 Å². The van der Waals surface area contributed by atoms with Crippen LogP contribution in [0.2, 0.25) is 0 Å². The second-order valence-corrected chi connectivity index (χ2v) is 7.04. The summed E-state index contributed by atoms with van der Waals surface area (Å²) >= 11 is 1.53. The zero-order valence-corrected chi connectivity index (χ0v) is 13.1. The molecule has 0 aromatic carbocycles. The minimum absolute atomic E-state index is 0.0323. The standard InChI is InChI=1S/C15H19N5OS/c21-14-8-7-13(10-1-2-10)19-20(14)12-5-3-11(4-6-12)17-15-18-16-9-22-15/h7-12H,1-6H2,(H,17,18). The summed E-state index contributed by atoms with van der Waals surface area (Å²) in [4.78, 5) is 12.1. The second kappa shape index (κ2) is 5.79. The van der Waals surface area contributed by atoms with E-state index in [9.17, 15) is 4.79 Å². The van der Waals surface area contributed by atoms with E-state index in [2.05, 4.69) is 20.6 Å². The first kappa shape index (κ1) is 13.9. The summed E-state index contributed by atoms with van der Waals surface area (Å²) < 4.78 is 1.73. The molecule has 4 rings (SSSR count). The van der Waals surface area contributed by atoms with Gasteiger partial charge in [-0.3, -0.25) is 4.79 Å². The molecule has 0 radical (unpaired) electrons. The lowest BCUT2D eigenvalue weighted by Crippen LogP contribution is -2.33. The molecule has 0 aliphatic heterocycles. The average molecular weight is 317 g/mol. The van der Waals surface area contributed by atoms with Gasteiger partial charge in [0.25, 0.3) is 5.56 Å². The van der Waals surface area contributed by atoms with Crippen molar-refractivity contribution in [2.24, 2.45) is 0 Å². The van der Waals surface area contributed by atoms with Crippen molar-refractivity contribution in [1.29, 1.82) is 0 Å². The Labute approximate surface area is 132 Å². The quantitative estimate of drug-likeness (QED) is 0.938. The van der Waals surface area contributed by atoms with E-state index in [4.69, 9.17) is 0 Å². The molecule has 0 saturated heterocycles. The topological polar surface area (TPSA) is 72.7 Å². The Balaban J connectivity index is 1.42. The first-order chi connectivity index (χ1) is 10.8. The molecule has 2 aromatic rings. The van der Waals surface area contributed by atoms with E-state index in [1.807, 2.05) is 6.07 Å². The molecule has 2 fully saturated rings. The summed E-state index contributed by atoms with van der Waals surface area (Å²) in [6.45, 7) is 0. The highest BCUT2D eigenvalue weighted by molar-refractivity contribution is 7.13. The van der Waals surface area contributed by atoms with Crippen molar-refractivity contribution in [3.63, 3.8) is 0 Å². The maximum absolute atomic E-state index is 12.1. The second-order valence-electron chi connectivity index (χ2n) is 6.21.